The quantitative estimate of drug-likeness (QED) is 0.742. The number of hydrogen-bond acceptors (Lipinski definition) is 4. The maximum atomic E-state index is 11.2. The number of fused-ring (bicyclic) bond motifs is 1. The largest absolute Gasteiger partial charge is 0.508 e. The second-order valence-corrected chi connectivity index (χ2v) is 4.65. The molecular formula is C12H8N2O3S. The number of aromatic nitrogens is 2. The number of aromatic hydroxyl groups is 1. The Morgan fingerprint density at radius 3 is 2.89 bits per heavy atom. The van der Waals surface area contributed by atoms with Crippen molar-refractivity contribution in [3.05, 3.63) is 41.5 Å². The summed E-state index contributed by atoms with van der Waals surface area (Å²) in [6, 6.07) is 6.64. The minimum atomic E-state index is -1.11. The molecule has 0 spiro atoms. The Morgan fingerprint density at radius 1 is 1.39 bits per heavy atom. The number of carboxylic acids is 1. The molecule has 0 saturated carbocycles. The summed E-state index contributed by atoms with van der Waals surface area (Å²) in [5, 5.41) is 20.5. The zero-order valence-electron chi connectivity index (χ0n) is 9.07. The first-order chi connectivity index (χ1) is 8.66. The molecule has 3 heterocycles. The monoisotopic (exact) mass is 260 g/mol. The van der Waals surface area contributed by atoms with Gasteiger partial charge in [-0.15, -0.1) is 11.3 Å². The first kappa shape index (κ1) is 10.8. The molecule has 90 valence electrons. The van der Waals surface area contributed by atoms with Gasteiger partial charge in [-0.3, -0.25) is 4.40 Å². The number of imidazole rings is 1. The van der Waals surface area contributed by atoms with Crippen LogP contribution in [-0.2, 0) is 0 Å². The van der Waals surface area contributed by atoms with Gasteiger partial charge in [0.1, 0.15) is 5.75 Å². The summed E-state index contributed by atoms with van der Waals surface area (Å²) in [5.41, 5.74) is 0.320. The van der Waals surface area contributed by atoms with E-state index in [1.165, 1.54) is 23.5 Å². The van der Waals surface area contributed by atoms with Gasteiger partial charge in [-0.1, -0.05) is 6.07 Å². The Hall–Kier alpha value is -2.34. The van der Waals surface area contributed by atoms with Crippen molar-refractivity contribution >= 4 is 22.8 Å². The zero-order chi connectivity index (χ0) is 12.7. The fraction of sp³-hybridized carbons (Fsp3) is 0. The Balaban J connectivity index is 2.37. The van der Waals surface area contributed by atoms with Crippen molar-refractivity contribution < 1.29 is 15.0 Å². The molecule has 0 unspecified atom stereocenters. The molecule has 3 aromatic rings. The van der Waals surface area contributed by atoms with E-state index in [4.69, 9.17) is 5.11 Å². The van der Waals surface area contributed by atoms with Crippen LogP contribution < -0.4 is 0 Å². The third-order valence-corrected chi connectivity index (χ3v) is 3.44. The van der Waals surface area contributed by atoms with E-state index in [1.807, 2.05) is 17.5 Å². The molecule has 0 fully saturated rings. The SMILES string of the molecule is O=C(O)c1nc(-c2cccs2)n2ccc(O)cc12. The van der Waals surface area contributed by atoms with E-state index >= 15 is 0 Å². The van der Waals surface area contributed by atoms with Crippen molar-refractivity contribution in [2.45, 2.75) is 0 Å². The molecule has 3 aromatic heterocycles. The third-order valence-electron chi connectivity index (χ3n) is 2.57. The van der Waals surface area contributed by atoms with Crippen LogP contribution in [0, 0.1) is 0 Å². The van der Waals surface area contributed by atoms with Gasteiger partial charge in [0.2, 0.25) is 0 Å². The highest BCUT2D eigenvalue weighted by atomic mass is 32.1. The van der Waals surface area contributed by atoms with Gasteiger partial charge >= 0.3 is 5.97 Å². The van der Waals surface area contributed by atoms with Crippen molar-refractivity contribution in [3.8, 4) is 16.5 Å². The average Bonchev–Trinajstić information content (AvgIpc) is 2.93. The Kier molecular flexibility index (Phi) is 2.31. The zero-order valence-corrected chi connectivity index (χ0v) is 9.89. The van der Waals surface area contributed by atoms with E-state index in [1.54, 1.807) is 10.6 Å². The first-order valence-corrected chi connectivity index (χ1v) is 6.03. The van der Waals surface area contributed by atoms with Crippen LogP contribution in [-0.4, -0.2) is 25.6 Å². The Morgan fingerprint density at radius 2 is 2.22 bits per heavy atom. The van der Waals surface area contributed by atoms with Gasteiger partial charge in [0.25, 0.3) is 0 Å². The van der Waals surface area contributed by atoms with Crippen molar-refractivity contribution in [1.82, 2.24) is 9.38 Å². The lowest BCUT2D eigenvalue weighted by molar-refractivity contribution is 0.0693. The maximum absolute atomic E-state index is 11.2. The molecule has 0 amide bonds. The van der Waals surface area contributed by atoms with Gasteiger partial charge in [-0.25, -0.2) is 9.78 Å². The van der Waals surface area contributed by atoms with E-state index in [0.717, 1.165) is 4.88 Å². The lowest BCUT2D eigenvalue weighted by Gasteiger charge is -1.98. The van der Waals surface area contributed by atoms with Crippen molar-refractivity contribution in [2.75, 3.05) is 0 Å². The normalized spacial score (nSPS) is 10.9. The van der Waals surface area contributed by atoms with Crippen LogP contribution in [0.3, 0.4) is 0 Å². The number of carboxylic acid groups (broad SMARTS) is 1. The molecule has 0 aromatic carbocycles. The van der Waals surface area contributed by atoms with E-state index in [9.17, 15) is 9.90 Å². The number of carbonyl (C=O) groups is 1. The van der Waals surface area contributed by atoms with Crippen LogP contribution in [0.5, 0.6) is 5.75 Å². The van der Waals surface area contributed by atoms with Crippen molar-refractivity contribution in [1.29, 1.82) is 0 Å². The molecule has 0 saturated heterocycles. The molecule has 0 bridgehead atoms. The van der Waals surface area contributed by atoms with Crippen LogP contribution in [0.15, 0.2) is 35.8 Å². The fourth-order valence-electron chi connectivity index (χ4n) is 1.81. The molecule has 0 aliphatic rings. The van der Waals surface area contributed by atoms with Gasteiger partial charge in [0, 0.05) is 12.3 Å². The number of thiophene rings is 1. The highest BCUT2D eigenvalue weighted by molar-refractivity contribution is 7.13. The predicted molar refractivity (Wildman–Crippen MR) is 67.1 cm³/mol. The topological polar surface area (TPSA) is 74.8 Å². The molecule has 5 nitrogen and oxygen atoms in total. The van der Waals surface area contributed by atoms with Crippen LogP contribution in [0.4, 0.5) is 0 Å². The number of rotatable bonds is 2. The lowest BCUT2D eigenvalue weighted by atomic mass is 10.3. The molecule has 0 aliphatic carbocycles. The van der Waals surface area contributed by atoms with Crippen molar-refractivity contribution in [2.24, 2.45) is 0 Å². The summed E-state index contributed by atoms with van der Waals surface area (Å²) in [6.45, 7) is 0. The highest BCUT2D eigenvalue weighted by Gasteiger charge is 2.18. The molecule has 0 aliphatic heterocycles. The summed E-state index contributed by atoms with van der Waals surface area (Å²) >= 11 is 1.48. The smallest absolute Gasteiger partial charge is 0.356 e. The number of pyridine rings is 1. The maximum Gasteiger partial charge on any atom is 0.356 e. The summed E-state index contributed by atoms with van der Waals surface area (Å²) < 4.78 is 1.66. The Bertz CT molecular complexity index is 731. The summed E-state index contributed by atoms with van der Waals surface area (Å²) in [4.78, 5) is 16.2. The van der Waals surface area contributed by atoms with Gasteiger partial charge in [-0.05, 0) is 17.5 Å². The van der Waals surface area contributed by atoms with Crippen LogP contribution >= 0.6 is 11.3 Å². The van der Waals surface area contributed by atoms with E-state index in [2.05, 4.69) is 4.98 Å². The van der Waals surface area contributed by atoms with Crippen LogP contribution in [0.2, 0.25) is 0 Å². The molecular weight excluding hydrogens is 252 g/mol. The molecule has 0 radical (unpaired) electrons. The standard InChI is InChI=1S/C12H8N2O3S/c15-7-3-4-14-8(6-7)10(12(16)17)13-11(14)9-2-1-5-18-9/h1-6,15H,(H,16,17). The van der Waals surface area contributed by atoms with Gasteiger partial charge in [-0.2, -0.15) is 0 Å². The van der Waals surface area contributed by atoms with Gasteiger partial charge in [0.15, 0.2) is 11.5 Å². The van der Waals surface area contributed by atoms with Gasteiger partial charge < -0.3 is 10.2 Å². The minimum Gasteiger partial charge on any atom is -0.508 e. The molecule has 0 atom stereocenters. The molecule has 6 heteroatoms. The van der Waals surface area contributed by atoms with Crippen LogP contribution in [0.25, 0.3) is 16.2 Å². The molecule has 2 N–H and O–H groups in total. The highest BCUT2D eigenvalue weighted by Crippen LogP contribution is 2.28. The van der Waals surface area contributed by atoms with E-state index < -0.39 is 5.97 Å². The average molecular weight is 260 g/mol. The third kappa shape index (κ3) is 1.54. The second-order valence-electron chi connectivity index (χ2n) is 3.71. The summed E-state index contributed by atoms with van der Waals surface area (Å²) in [6.07, 6.45) is 1.61. The second kappa shape index (κ2) is 3.85. The van der Waals surface area contributed by atoms with Gasteiger partial charge in [0.05, 0.1) is 10.4 Å². The predicted octanol–water partition coefficient (Wildman–Crippen LogP) is 2.47. The summed E-state index contributed by atoms with van der Waals surface area (Å²) in [7, 11) is 0. The number of nitrogens with zero attached hydrogens (tertiary/aromatic N) is 2. The number of aromatic carboxylic acids is 1. The van der Waals surface area contributed by atoms with Crippen LogP contribution in [0.1, 0.15) is 10.5 Å². The number of hydrogen-bond donors (Lipinski definition) is 2. The lowest BCUT2D eigenvalue weighted by Crippen LogP contribution is -1.97. The van der Waals surface area contributed by atoms with Crippen molar-refractivity contribution in [3.63, 3.8) is 0 Å². The first-order valence-electron chi connectivity index (χ1n) is 5.15. The Labute approximate surface area is 106 Å². The van der Waals surface area contributed by atoms with E-state index in [0.29, 0.717) is 11.3 Å². The molecule has 3 rings (SSSR count). The summed E-state index contributed by atoms with van der Waals surface area (Å²) in [5.74, 6) is -0.527. The van der Waals surface area contributed by atoms with E-state index in [-0.39, 0.29) is 11.4 Å². The fourth-order valence-corrected chi connectivity index (χ4v) is 2.52. The molecule has 18 heavy (non-hydrogen) atoms. The minimum absolute atomic E-state index is 0.0163.